The van der Waals surface area contributed by atoms with E-state index in [1.54, 1.807) is 4.80 Å². The number of hydrogen-bond donors (Lipinski definition) is 0. The quantitative estimate of drug-likeness (QED) is 0.717. The number of aromatic nitrogens is 4. The van der Waals surface area contributed by atoms with Gasteiger partial charge < -0.3 is 0 Å². The maximum absolute atomic E-state index is 4.41. The molecular formula is C15H14N4. The van der Waals surface area contributed by atoms with Crippen LogP contribution in [0.1, 0.15) is 11.1 Å². The predicted octanol–water partition coefficient (Wildman–Crippen LogP) is 2.70. The number of benzene rings is 2. The SMILES string of the molecule is Cc1cccc(-c2nnn(Cc3ccccc3)n2)c1. The van der Waals surface area contributed by atoms with Gasteiger partial charge in [0.25, 0.3) is 0 Å². The standard InChI is InChI=1S/C15H14N4/c1-12-6-5-9-14(10-12)15-16-18-19(17-15)11-13-7-3-2-4-8-13/h2-10H,11H2,1H3. The van der Waals surface area contributed by atoms with Crippen molar-refractivity contribution >= 4 is 0 Å². The van der Waals surface area contributed by atoms with Gasteiger partial charge in [-0.2, -0.15) is 4.80 Å². The van der Waals surface area contributed by atoms with Crippen molar-refractivity contribution in [1.82, 2.24) is 20.2 Å². The Hall–Kier alpha value is -2.49. The third-order valence-electron chi connectivity index (χ3n) is 2.90. The van der Waals surface area contributed by atoms with Crippen LogP contribution in [0.2, 0.25) is 0 Å². The molecule has 0 spiro atoms. The molecule has 1 heterocycles. The van der Waals surface area contributed by atoms with Crippen molar-refractivity contribution in [3.63, 3.8) is 0 Å². The van der Waals surface area contributed by atoms with Crippen LogP contribution in [-0.2, 0) is 6.54 Å². The molecular weight excluding hydrogens is 236 g/mol. The highest BCUT2D eigenvalue weighted by Gasteiger charge is 2.06. The zero-order valence-corrected chi connectivity index (χ0v) is 10.7. The Labute approximate surface area is 111 Å². The van der Waals surface area contributed by atoms with Gasteiger partial charge in [0, 0.05) is 5.56 Å². The number of tetrazole rings is 1. The van der Waals surface area contributed by atoms with Gasteiger partial charge in [0.2, 0.25) is 5.82 Å². The molecule has 94 valence electrons. The minimum Gasteiger partial charge on any atom is -0.159 e. The molecule has 0 bridgehead atoms. The fraction of sp³-hybridized carbons (Fsp3) is 0.133. The second kappa shape index (κ2) is 5.02. The molecule has 0 aliphatic heterocycles. The van der Waals surface area contributed by atoms with Crippen molar-refractivity contribution < 1.29 is 0 Å². The van der Waals surface area contributed by atoms with Gasteiger partial charge in [-0.05, 0) is 23.8 Å². The van der Waals surface area contributed by atoms with E-state index in [0.717, 1.165) is 11.1 Å². The molecule has 4 heteroatoms. The van der Waals surface area contributed by atoms with Crippen molar-refractivity contribution in [2.45, 2.75) is 13.5 Å². The van der Waals surface area contributed by atoms with Gasteiger partial charge in [-0.1, -0.05) is 54.1 Å². The maximum Gasteiger partial charge on any atom is 0.204 e. The smallest absolute Gasteiger partial charge is 0.159 e. The molecule has 3 rings (SSSR count). The number of hydrogen-bond acceptors (Lipinski definition) is 3. The number of nitrogens with zero attached hydrogens (tertiary/aromatic N) is 4. The highest BCUT2D eigenvalue weighted by molar-refractivity contribution is 5.54. The molecule has 4 nitrogen and oxygen atoms in total. The van der Waals surface area contributed by atoms with Crippen LogP contribution in [0.5, 0.6) is 0 Å². The second-order valence-corrected chi connectivity index (χ2v) is 4.50. The van der Waals surface area contributed by atoms with Gasteiger partial charge in [0.15, 0.2) is 0 Å². The molecule has 0 saturated heterocycles. The second-order valence-electron chi connectivity index (χ2n) is 4.50. The largest absolute Gasteiger partial charge is 0.204 e. The third kappa shape index (κ3) is 2.68. The average Bonchev–Trinajstić information content (AvgIpc) is 2.88. The minimum absolute atomic E-state index is 0.639. The zero-order valence-electron chi connectivity index (χ0n) is 10.7. The van der Waals surface area contributed by atoms with E-state index >= 15 is 0 Å². The van der Waals surface area contributed by atoms with Crippen LogP contribution < -0.4 is 0 Å². The number of rotatable bonds is 3. The molecule has 0 unspecified atom stereocenters. The van der Waals surface area contributed by atoms with E-state index < -0.39 is 0 Å². The van der Waals surface area contributed by atoms with Gasteiger partial charge in [0.05, 0.1) is 6.54 Å². The highest BCUT2D eigenvalue weighted by atomic mass is 15.6. The van der Waals surface area contributed by atoms with Crippen LogP contribution in [0.25, 0.3) is 11.4 Å². The van der Waals surface area contributed by atoms with E-state index in [9.17, 15) is 0 Å². The van der Waals surface area contributed by atoms with Crippen molar-refractivity contribution in [2.75, 3.05) is 0 Å². The lowest BCUT2D eigenvalue weighted by atomic mass is 10.1. The first kappa shape index (κ1) is 11.6. The average molecular weight is 250 g/mol. The Morgan fingerprint density at radius 1 is 1.00 bits per heavy atom. The van der Waals surface area contributed by atoms with E-state index in [0.29, 0.717) is 12.4 Å². The normalized spacial score (nSPS) is 10.6. The summed E-state index contributed by atoms with van der Waals surface area (Å²) in [6.07, 6.45) is 0. The summed E-state index contributed by atoms with van der Waals surface area (Å²) in [4.78, 5) is 1.62. The minimum atomic E-state index is 0.639. The molecule has 0 atom stereocenters. The molecule has 1 aromatic heterocycles. The summed E-state index contributed by atoms with van der Waals surface area (Å²) in [5.74, 6) is 0.666. The molecule has 0 radical (unpaired) electrons. The van der Waals surface area contributed by atoms with Crippen LogP contribution in [-0.4, -0.2) is 20.2 Å². The summed E-state index contributed by atoms with van der Waals surface area (Å²) in [6.45, 7) is 2.69. The predicted molar refractivity (Wildman–Crippen MR) is 73.5 cm³/mol. The molecule has 0 aliphatic carbocycles. The lowest BCUT2D eigenvalue weighted by Gasteiger charge is -1.98. The van der Waals surface area contributed by atoms with E-state index in [1.807, 2.05) is 30.3 Å². The lowest BCUT2D eigenvalue weighted by Crippen LogP contribution is -2.03. The van der Waals surface area contributed by atoms with E-state index in [-0.39, 0.29) is 0 Å². The van der Waals surface area contributed by atoms with Crippen molar-refractivity contribution in [1.29, 1.82) is 0 Å². The zero-order chi connectivity index (χ0) is 13.1. The molecule has 3 aromatic rings. The van der Waals surface area contributed by atoms with Crippen LogP contribution >= 0.6 is 0 Å². The Balaban J connectivity index is 1.84. The third-order valence-corrected chi connectivity index (χ3v) is 2.90. The first-order chi connectivity index (χ1) is 9.31. The molecule has 0 N–H and O–H groups in total. The van der Waals surface area contributed by atoms with Gasteiger partial charge >= 0.3 is 0 Å². The van der Waals surface area contributed by atoms with Crippen LogP contribution in [0.3, 0.4) is 0 Å². The molecule has 0 fully saturated rings. The maximum atomic E-state index is 4.41. The summed E-state index contributed by atoms with van der Waals surface area (Å²) in [7, 11) is 0. The Kier molecular flexibility index (Phi) is 3.06. The fourth-order valence-corrected chi connectivity index (χ4v) is 1.96. The van der Waals surface area contributed by atoms with Gasteiger partial charge in [0.1, 0.15) is 0 Å². The van der Waals surface area contributed by atoms with E-state index in [2.05, 4.69) is 46.6 Å². The molecule has 0 amide bonds. The van der Waals surface area contributed by atoms with Gasteiger partial charge in [-0.15, -0.1) is 10.2 Å². The van der Waals surface area contributed by atoms with Crippen molar-refractivity contribution in [3.8, 4) is 11.4 Å². The fourth-order valence-electron chi connectivity index (χ4n) is 1.96. The molecule has 19 heavy (non-hydrogen) atoms. The van der Waals surface area contributed by atoms with Gasteiger partial charge in [-0.3, -0.25) is 0 Å². The Bertz CT molecular complexity index is 673. The molecule has 0 aliphatic rings. The van der Waals surface area contributed by atoms with Gasteiger partial charge in [-0.25, -0.2) is 0 Å². The summed E-state index contributed by atoms with van der Waals surface area (Å²) >= 11 is 0. The highest BCUT2D eigenvalue weighted by Crippen LogP contribution is 2.14. The molecule has 0 saturated carbocycles. The topological polar surface area (TPSA) is 43.6 Å². The van der Waals surface area contributed by atoms with Crippen LogP contribution in [0.15, 0.2) is 54.6 Å². The summed E-state index contributed by atoms with van der Waals surface area (Å²) in [6, 6.07) is 18.2. The Morgan fingerprint density at radius 3 is 2.63 bits per heavy atom. The van der Waals surface area contributed by atoms with Crippen molar-refractivity contribution in [3.05, 3.63) is 65.7 Å². The first-order valence-corrected chi connectivity index (χ1v) is 6.20. The van der Waals surface area contributed by atoms with E-state index in [1.165, 1.54) is 5.56 Å². The van der Waals surface area contributed by atoms with Crippen LogP contribution in [0.4, 0.5) is 0 Å². The molecule has 2 aromatic carbocycles. The first-order valence-electron chi connectivity index (χ1n) is 6.20. The summed E-state index contributed by atoms with van der Waals surface area (Å²) in [5, 5.41) is 12.6. The Morgan fingerprint density at radius 2 is 1.84 bits per heavy atom. The van der Waals surface area contributed by atoms with E-state index in [4.69, 9.17) is 0 Å². The summed E-state index contributed by atoms with van der Waals surface area (Å²) in [5.41, 5.74) is 3.35. The monoisotopic (exact) mass is 250 g/mol. The lowest BCUT2D eigenvalue weighted by molar-refractivity contribution is 0.573. The van der Waals surface area contributed by atoms with Crippen molar-refractivity contribution in [2.24, 2.45) is 0 Å². The number of aryl methyl sites for hydroxylation is 1. The summed E-state index contributed by atoms with van der Waals surface area (Å²) < 4.78 is 0. The van der Waals surface area contributed by atoms with Crippen LogP contribution in [0, 0.1) is 6.92 Å².